The zero-order valence-corrected chi connectivity index (χ0v) is 15.5. The molecule has 4 heterocycles. The Balaban J connectivity index is 1.62. The largest absolute Gasteiger partial charge is 0.338 e. The van der Waals surface area contributed by atoms with E-state index in [1.165, 1.54) is 0 Å². The molecule has 0 aliphatic carbocycles. The quantitative estimate of drug-likeness (QED) is 0.705. The summed E-state index contributed by atoms with van der Waals surface area (Å²) in [5.74, 6) is -0.212. The molecule has 4 rings (SSSR count). The van der Waals surface area contributed by atoms with Crippen LogP contribution in [-0.2, 0) is 6.54 Å². The molecule has 0 unspecified atom stereocenters. The number of carbonyl (C=O) groups excluding carboxylic acids is 1. The van der Waals surface area contributed by atoms with E-state index in [1.807, 2.05) is 18.4 Å². The van der Waals surface area contributed by atoms with Crippen molar-refractivity contribution in [2.45, 2.75) is 39.3 Å². The molecule has 3 aromatic rings. The molecule has 1 aliphatic heterocycles. The van der Waals surface area contributed by atoms with Crippen molar-refractivity contribution in [3.63, 3.8) is 0 Å². The summed E-state index contributed by atoms with van der Waals surface area (Å²) in [6, 6.07) is 3.76. The van der Waals surface area contributed by atoms with Gasteiger partial charge in [-0.25, -0.2) is 4.98 Å². The lowest BCUT2D eigenvalue weighted by molar-refractivity contribution is 0.0682. The number of pyridine rings is 2. The van der Waals surface area contributed by atoms with E-state index in [2.05, 4.69) is 15.2 Å². The number of piperidine rings is 1. The van der Waals surface area contributed by atoms with Gasteiger partial charge in [0.2, 0.25) is 5.43 Å². The van der Waals surface area contributed by atoms with Gasteiger partial charge in [-0.05, 0) is 38.8 Å². The number of aromatic nitrogens is 5. The van der Waals surface area contributed by atoms with Gasteiger partial charge in [-0.1, -0.05) is 0 Å². The molecule has 1 aliphatic rings. The summed E-state index contributed by atoms with van der Waals surface area (Å²) >= 11 is 0. The van der Waals surface area contributed by atoms with Crippen molar-refractivity contribution in [2.75, 3.05) is 13.1 Å². The molecule has 0 bridgehead atoms. The predicted molar refractivity (Wildman–Crippen MR) is 101 cm³/mol. The van der Waals surface area contributed by atoms with Gasteiger partial charge in [-0.2, -0.15) is 15.0 Å². The second kappa shape index (κ2) is 6.94. The number of nitrogens with zero attached hydrogens (tertiary/aromatic N) is 6. The van der Waals surface area contributed by atoms with Gasteiger partial charge < -0.3 is 9.47 Å². The number of fused-ring (bicyclic) bond motifs is 1. The molecule has 8 nitrogen and oxygen atoms in total. The van der Waals surface area contributed by atoms with Crippen LogP contribution in [0.4, 0.5) is 0 Å². The van der Waals surface area contributed by atoms with Crippen LogP contribution in [0, 0.1) is 6.92 Å². The van der Waals surface area contributed by atoms with E-state index in [9.17, 15) is 9.59 Å². The van der Waals surface area contributed by atoms with E-state index < -0.39 is 0 Å². The maximum absolute atomic E-state index is 13.0. The van der Waals surface area contributed by atoms with E-state index in [0.29, 0.717) is 30.7 Å². The Bertz CT molecular complexity index is 1030. The molecule has 0 aromatic carbocycles. The lowest BCUT2D eigenvalue weighted by Gasteiger charge is -2.31. The van der Waals surface area contributed by atoms with Crippen LogP contribution in [-0.4, -0.2) is 48.4 Å². The van der Waals surface area contributed by atoms with Crippen LogP contribution in [0.15, 0.2) is 35.5 Å². The second-order valence-corrected chi connectivity index (χ2v) is 6.85. The molecular formula is C19H22N6O2. The van der Waals surface area contributed by atoms with Crippen molar-refractivity contribution in [2.24, 2.45) is 0 Å². The topological polar surface area (TPSA) is 85.9 Å². The maximum Gasteiger partial charge on any atom is 0.259 e. The van der Waals surface area contributed by atoms with Crippen LogP contribution in [0.1, 0.15) is 41.9 Å². The summed E-state index contributed by atoms with van der Waals surface area (Å²) in [5, 5.41) is 8.87. The van der Waals surface area contributed by atoms with Gasteiger partial charge in [0.25, 0.3) is 5.91 Å². The Morgan fingerprint density at radius 2 is 1.89 bits per heavy atom. The van der Waals surface area contributed by atoms with E-state index >= 15 is 0 Å². The standard InChI is InChI=1S/C19H22N6O2/c1-3-23-12-16(17(26)15-5-4-13(2)22-18(15)23)19(27)24-10-6-14(7-11-24)25-20-8-9-21-25/h4-5,8-9,12,14H,3,6-7,10-11H2,1-2H3. The van der Waals surface area contributed by atoms with Crippen LogP contribution in [0.25, 0.3) is 11.0 Å². The average molecular weight is 366 g/mol. The minimum Gasteiger partial charge on any atom is -0.338 e. The molecule has 1 fully saturated rings. The highest BCUT2D eigenvalue weighted by Gasteiger charge is 2.27. The van der Waals surface area contributed by atoms with Gasteiger partial charge in [-0.15, -0.1) is 0 Å². The van der Waals surface area contributed by atoms with Gasteiger partial charge in [0, 0.05) is 31.5 Å². The van der Waals surface area contributed by atoms with Crippen molar-refractivity contribution < 1.29 is 4.79 Å². The first kappa shape index (κ1) is 17.4. The van der Waals surface area contributed by atoms with E-state index in [0.717, 1.165) is 18.5 Å². The second-order valence-electron chi connectivity index (χ2n) is 6.85. The van der Waals surface area contributed by atoms with E-state index in [1.54, 1.807) is 40.4 Å². The van der Waals surface area contributed by atoms with Crippen molar-refractivity contribution in [1.29, 1.82) is 0 Å². The minimum absolute atomic E-state index is 0.195. The van der Waals surface area contributed by atoms with Crippen LogP contribution in [0.3, 0.4) is 0 Å². The highest BCUT2D eigenvalue weighted by molar-refractivity contribution is 5.97. The Morgan fingerprint density at radius 1 is 1.19 bits per heavy atom. The zero-order valence-electron chi connectivity index (χ0n) is 15.5. The molecule has 8 heteroatoms. The van der Waals surface area contributed by atoms with E-state index in [4.69, 9.17) is 0 Å². The zero-order chi connectivity index (χ0) is 19.0. The summed E-state index contributed by atoms with van der Waals surface area (Å²) in [6.07, 6.45) is 6.53. The van der Waals surface area contributed by atoms with Crippen molar-refractivity contribution in [3.8, 4) is 0 Å². The van der Waals surface area contributed by atoms with Gasteiger partial charge in [-0.3, -0.25) is 9.59 Å². The smallest absolute Gasteiger partial charge is 0.259 e. The Kier molecular flexibility index (Phi) is 4.47. The molecule has 0 N–H and O–H groups in total. The molecule has 0 saturated carbocycles. The summed E-state index contributed by atoms with van der Waals surface area (Å²) in [4.78, 5) is 33.9. The number of carbonyl (C=O) groups is 1. The lowest BCUT2D eigenvalue weighted by atomic mass is 10.0. The van der Waals surface area contributed by atoms with Crippen molar-refractivity contribution in [3.05, 3.63) is 52.2 Å². The molecule has 0 radical (unpaired) electrons. The van der Waals surface area contributed by atoms with Crippen LogP contribution in [0.2, 0.25) is 0 Å². The van der Waals surface area contributed by atoms with Gasteiger partial charge in [0.1, 0.15) is 11.2 Å². The fourth-order valence-corrected chi connectivity index (χ4v) is 3.64. The molecule has 1 saturated heterocycles. The third kappa shape index (κ3) is 3.11. The summed E-state index contributed by atoms with van der Waals surface area (Å²) < 4.78 is 1.87. The highest BCUT2D eigenvalue weighted by Crippen LogP contribution is 2.22. The number of aryl methyl sites for hydroxylation is 2. The maximum atomic E-state index is 13.0. The number of rotatable bonds is 3. The molecule has 3 aromatic heterocycles. The van der Waals surface area contributed by atoms with Crippen LogP contribution in [0.5, 0.6) is 0 Å². The highest BCUT2D eigenvalue weighted by atomic mass is 16.2. The third-order valence-corrected chi connectivity index (χ3v) is 5.15. The SMILES string of the molecule is CCn1cc(C(=O)N2CCC(n3nccn3)CC2)c(=O)c2ccc(C)nc21. The number of hydrogen-bond acceptors (Lipinski definition) is 5. The summed E-state index contributed by atoms with van der Waals surface area (Å²) in [7, 11) is 0. The molecule has 27 heavy (non-hydrogen) atoms. The third-order valence-electron chi connectivity index (χ3n) is 5.15. The average Bonchev–Trinajstić information content (AvgIpc) is 3.23. The molecule has 0 spiro atoms. The van der Waals surface area contributed by atoms with Gasteiger partial charge in [0.15, 0.2) is 0 Å². The minimum atomic E-state index is -0.247. The molecule has 1 amide bonds. The molecule has 0 atom stereocenters. The molecular weight excluding hydrogens is 344 g/mol. The van der Waals surface area contributed by atoms with Crippen molar-refractivity contribution >= 4 is 16.9 Å². The first-order chi connectivity index (χ1) is 13.1. The lowest BCUT2D eigenvalue weighted by Crippen LogP contribution is -2.41. The van der Waals surface area contributed by atoms with Crippen molar-refractivity contribution in [1.82, 2.24) is 29.4 Å². The fraction of sp³-hybridized carbons (Fsp3) is 0.421. The summed E-state index contributed by atoms with van der Waals surface area (Å²) in [6.45, 7) is 5.68. The monoisotopic (exact) mass is 366 g/mol. The number of likely N-dealkylation sites (tertiary alicyclic amines) is 1. The Labute approximate surface area is 156 Å². The fourth-order valence-electron chi connectivity index (χ4n) is 3.64. The summed E-state index contributed by atoms with van der Waals surface area (Å²) in [5.41, 5.74) is 1.44. The van der Waals surface area contributed by atoms with Gasteiger partial charge >= 0.3 is 0 Å². The number of hydrogen-bond donors (Lipinski definition) is 0. The predicted octanol–water partition coefficient (Wildman–Crippen LogP) is 1.79. The Hall–Kier alpha value is -3.03. The first-order valence-electron chi connectivity index (χ1n) is 9.24. The molecule has 140 valence electrons. The Morgan fingerprint density at radius 3 is 2.56 bits per heavy atom. The normalized spacial score (nSPS) is 15.4. The van der Waals surface area contributed by atoms with Crippen LogP contribution >= 0.6 is 0 Å². The van der Waals surface area contributed by atoms with Gasteiger partial charge in [0.05, 0.1) is 23.8 Å². The van der Waals surface area contributed by atoms with E-state index in [-0.39, 0.29) is 22.9 Å². The van der Waals surface area contributed by atoms with Crippen LogP contribution < -0.4 is 5.43 Å². The number of amides is 1. The first-order valence-corrected chi connectivity index (χ1v) is 9.24.